The summed E-state index contributed by atoms with van der Waals surface area (Å²) in [6, 6.07) is 4.20. The van der Waals surface area contributed by atoms with Gasteiger partial charge in [-0.25, -0.2) is 0 Å². The molecule has 0 bridgehead atoms. The van der Waals surface area contributed by atoms with E-state index in [0.717, 1.165) is 12.2 Å². The van der Waals surface area contributed by atoms with Crippen molar-refractivity contribution in [3.8, 4) is 0 Å². The molecule has 0 aliphatic heterocycles. The van der Waals surface area contributed by atoms with E-state index in [2.05, 4.69) is 15.6 Å². The van der Waals surface area contributed by atoms with Crippen LogP contribution in [0.1, 0.15) is 26.0 Å². The van der Waals surface area contributed by atoms with Gasteiger partial charge in [-0.2, -0.15) is 0 Å². The largest absolute Gasteiger partial charge is 0.364 e. The molecule has 0 saturated carbocycles. The first-order chi connectivity index (χ1) is 7.18. The number of hydrogen-bond acceptors (Lipinski definition) is 2. The summed E-state index contributed by atoms with van der Waals surface area (Å²) in [7, 11) is 0. The summed E-state index contributed by atoms with van der Waals surface area (Å²) in [5, 5.41) is 6.05. The average Bonchev–Trinajstić information content (AvgIpc) is 2.63. The van der Waals surface area contributed by atoms with Crippen molar-refractivity contribution < 1.29 is 4.79 Å². The second kappa shape index (κ2) is 6.24. The fourth-order valence-corrected chi connectivity index (χ4v) is 1.30. The Labute approximate surface area is 90.5 Å². The predicted octanol–water partition coefficient (Wildman–Crippen LogP) is 1.02. The van der Waals surface area contributed by atoms with E-state index in [1.54, 1.807) is 0 Å². The Balaban J connectivity index is 2.04. The number of H-pyrrole nitrogens is 1. The van der Waals surface area contributed by atoms with E-state index in [0.29, 0.717) is 13.0 Å². The molecule has 0 aliphatic rings. The Kier molecular flexibility index (Phi) is 4.90. The molecule has 1 aromatic rings. The monoisotopic (exact) mass is 209 g/mol. The smallest absolute Gasteiger partial charge is 0.221 e. The summed E-state index contributed by atoms with van der Waals surface area (Å²) in [4.78, 5) is 14.4. The maximum absolute atomic E-state index is 11.3. The van der Waals surface area contributed by atoms with E-state index < -0.39 is 0 Å². The zero-order valence-corrected chi connectivity index (χ0v) is 9.34. The number of aromatic amines is 1. The number of nitrogens with one attached hydrogen (secondary N) is 3. The lowest BCUT2D eigenvalue weighted by Gasteiger charge is -2.08. The molecule has 1 heterocycles. The van der Waals surface area contributed by atoms with E-state index in [1.165, 1.54) is 0 Å². The standard InChI is InChI=1S/C11H19N3O/c1-9(2)14-11(15)5-7-12-8-10-4-3-6-13-10/h3-4,6,9,12-13H,5,7-8H2,1-2H3,(H,14,15). The molecule has 0 spiro atoms. The van der Waals surface area contributed by atoms with Crippen LogP contribution >= 0.6 is 0 Å². The van der Waals surface area contributed by atoms with Gasteiger partial charge in [0.15, 0.2) is 0 Å². The van der Waals surface area contributed by atoms with Crippen LogP contribution in [0.2, 0.25) is 0 Å². The second-order valence-corrected chi connectivity index (χ2v) is 3.84. The summed E-state index contributed by atoms with van der Waals surface area (Å²) in [6.07, 6.45) is 2.42. The highest BCUT2D eigenvalue weighted by atomic mass is 16.1. The molecular formula is C11H19N3O. The average molecular weight is 209 g/mol. The Morgan fingerprint density at radius 2 is 2.33 bits per heavy atom. The van der Waals surface area contributed by atoms with E-state index in [9.17, 15) is 4.79 Å². The third-order valence-electron chi connectivity index (χ3n) is 1.96. The lowest BCUT2D eigenvalue weighted by Crippen LogP contribution is -2.32. The zero-order valence-electron chi connectivity index (χ0n) is 9.34. The van der Waals surface area contributed by atoms with Crippen molar-refractivity contribution in [3.05, 3.63) is 24.0 Å². The fourth-order valence-electron chi connectivity index (χ4n) is 1.30. The van der Waals surface area contributed by atoms with Crippen molar-refractivity contribution in [1.82, 2.24) is 15.6 Å². The van der Waals surface area contributed by atoms with Crippen LogP contribution in [-0.2, 0) is 11.3 Å². The number of hydrogen-bond donors (Lipinski definition) is 3. The summed E-state index contributed by atoms with van der Waals surface area (Å²) in [5.74, 6) is 0.101. The van der Waals surface area contributed by atoms with Gasteiger partial charge in [-0.3, -0.25) is 4.79 Å². The van der Waals surface area contributed by atoms with Crippen LogP contribution in [0.5, 0.6) is 0 Å². The SMILES string of the molecule is CC(C)NC(=O)CCNCc1ccc[nH]1. The van der Waals surface area contributed by atoms with Crippen LogP contribution in [0.4, 0.5) is 0 Å². The van der Waals surface area contributed by atoms with Crippen LogP contribution in [0, 0.1) is 0 Å². The van der Waals surface area contributed by atoms with Crippen LogP contribution in [0.3, 0.4) is 0 Å². The Hall–Kier alpha value is -1.29. The van der Waals surface area contributed by atoms with Crippen molar-refractivity contribution in [1.29, 1.82) is 0 Å². The molecule has 1 aromatic heterocycles. The van der Waals surface area contributed by atoms with Crippen LogP contribution in [-0.4, -0.2) is 23.5 Å². The Morgan fingerprint density at radius 1 is 1.53 bits per heavy atom. The van der Waals surface area contributed by atoms with E-state index in [4.69, 9.17) is 0 Å². The predicted molar refractivity (Wildman–Crippen MR) is 60.4 cm³/mol. The summed E-state index contributed by atoms with van der Waals surface area (Å²) < 4.78 is 0. The molecule has 0 saturated heterocycles. The summed E-state index contributed by atoms with van der Waals surface area (Å²) >= 11 is 0. The molecule has 15 heavy (non-hydrogen) atoms. The van der Waals surface area contributed by atoms with Crippen molar-refractivity contribution >= 4 is 5.91 Å². The minimum Gasteiger partial charge on any atom is -0.364 e. The van der Waals surface area contributed by atoms with Crippen molar-refractivity contribution in [3.63, 3.8) is 0 Å². The second-order valence-electron chi connectivity index (χ2n) is 3.84. The molecule has 0 atom stereocenters. The number of carbonyl (C=O) groups excluding carboxylic acids is 1. The zero-order chi connectivity index (χ0) is 11.1. The lowest BCUT2D eigenvalue weighted by molar-refractivity contribution is -0.121. The molecule has 0 aliphatic carbocycles. The van der Waals surface area contributed by atoms with Gasteiger partial charge in [-0.1, -0.05) is 0 Å². The number of aromatic nitrogens is 1. The van der Waals surface area contributed by atoms with Crippen LogP contribution in [0.15, 0.2) is 18.3 Å². The molecule has 4 nitrogen and oxygen atoms in total. The van der Waals surface area contributed by atoms with Gasteiger partial charge in [-0.05, 0) is 26.0 Å². The molecule has 0 fully saturated rings. The van der Waals surface area contributed by atoms with Gasteiger partial charge in [0.25, 0.3) is 0 Å². The van der Waals surface area contributed by atoms with Crippen molar-refractivity contribution in [2.45, 2.75) is 32.9 Å². The Morgan fingerprint density at radius 3 is 2.93 bits per heavy atom. The first kappa shape index (κ1) is 11.8. The van der Waals surface area contributed by atoms with Crippen molar-refractivity contribution in [2.24, 2.45) is 0 Å². The van der Waals surface area contributed by atoms with Crippen molar-refractivity contribution in [2.75, 3.05) is 6.54 Å². The minimum absolute atomic E-state index is 0.101. The van der Waals surface area contributed by atoms with Gasteiger partial charge in [-0.15, -0.1) is 0 Å². The van der Waals surface area contributed by atoms with Crippen LogP contribution < -0.4 is 10.6 Å². The highest BCUT2D eigenvalue weighted by molar-refractivity contribution is 5.76. The molecular weight excluding hydrogens is 190 g/mol. The van der Waals surface area contributed by atoms with E-state index in [1.807, 2.05) is 32.2 Å². The summed E-state index contributed by atoms with van der Waals surface area (Å²) in [5.41, 5.74) is 1.14. The molecule has 1 rings (SSSR count). The highest BCUT2D eigenvalue weighted by Crippen LogP contribution is 1.92. The molecule has 1 amide bonds. The molecule has 84 valence electrons. The van der Waals surface area contributed by atoms with Gasteiger partial charge < -0.3 is 15.6 Å². The Bertz CT molecular complexity index is 280. The van der Waals surface area contributed by atoms with Gasteiger partial charge in [0.05, 0.1) is 0 Å². The molecule has 0 radical (unpaired) electrons. The molecule has 0 unspecified atom stereocenters. The number of amides is 1. The third kappa shape index (κ3) is 5.22. The normalized spacial score (nSPS) is 10.6. The number of carbonyl (C=O) groups is 1. The number of rotatable bonds is 6. The molecule has 0 aromatic carbocycles. The quantitative estimate of drug-likeness (QED) is 0.613. The topological polar surface area (TPSA) is 56.9 Å². The third-order valence-corrected chi connectivity index (χ3v) is 1.96. The maximum Gasteiger partial charge on any atom is 0.221 e. The highest BCUT2D eigenvalue weighted by Gasteiger charge is 2.01. The van der Waals surface area contributed by atoms with Gasteiger partial charge in [0, 0.05) is 37.4 Å². The maximum atomic E-state index is 11.3. The lowest BCUT2D eigenvalue weighted by atomic mass is 10.3. The van der Waals surface area contributed by atoms with Crippen LogP contribution in [0.25, 0.3) is 0 Å². The van der Waals surface area contributed by atoms with Gasteiger partial charge >= 0.3 is 0 Å². The molecule has 4 heteroatoms. The van der Waals surface area contributed by atoms with Gasteiger partial charge in [0.2, 0.25) is 5.91 Å². The fraction of sp³-hybridized carbons (Fsp3) is 0.545. The molecule has 3 N–H and O–H groups in total. The first-order valence-corrected chi connectivity index (χ1v) is 5.31. The van der Waals surface area contributed by atoms with Gasteiger partial charge in [0.1, 0.15) is 0 Å². The van der Waals surface area contributed by atoms with E-state index >= 15 is 0 Å². The first-order valence-electron chi connectivity index (χ1n) is 5.31. The minimum atomic E-state index is 0.101. The van der Waals surface area contributed by atoms with E-state index in [-0.39, 0.29) is 11.9 Å². The summed E-state index contributed by atoms with van der Waals surface area (Å²) in [6.45, 7) is 5.41.